The summed E-state index contributed by atoms with van der Waals surface area (Å²) in [5.41, 5.74) is 3.00. The van der Waals surface area contributed by atoms with Crippen molar-refractivity contribution < 1.29 is 4.79 Å². The Labute approximate surface area is 144 Å². The minimum Gasteiger partial charge on any atom is -0.355 e. The monoisotopic (exact) mass is 328 g/mol. The number of nitrogens with zero attached hydrogens (tertiary/aromatic N) is 3. The van der Waals surface area contributed by atoms with Crippen LogP contribution in [0.15, 0.2) is 24.5 Å². The normalized spacial score (nSPS) is 18.6. The number of aromatic nitrogens is 2. The average molecular weight is 328 g/mol. The SMILES string of the molecule is Cc1cccn2c(CC(=O)NC[C@@H]3CCN(CC(C)C)C3)cnc12. The van der Waals surface area contributed by atoms with Crippen LogP contribution in [0.4, 0.5) is 0 Å². The van der Waals surface area contributed by atoms with Crippen LogP contribution in [0.1, 0.15) is 31.5 Å². The summed E-state index contributed by atoms with van der Waals surface area (Å²) < 4.78 is 2.01. The molecule has 5 nitrogen and oxygen atoms in total. The molecule has 0 aromatic carbocycles. The van der Waals surface area contributed by atoms with Crippen molar-refractivity contribution in [2.75, 3.05) is 26.2 Å². The van der Waals surface area contributed by atoms with Crippen molar-refractivity contribution in [3.8, 4) is 0 Å². The van der Waals surface area contributed by atoms with Gasteiger partial charge >= 0.3 is 0 Å². The second-order valence-corrected chi connectivity index (χ2v) is 7.42. The molecule has 0 aliphatic carbocycles. The van der Waals surface area contributed by atoms with Crippen molar-refractivity contribution in [1.29, 1.82) is 0 Å². The van der Waals surface area contributed by atoms with Crippen LogP contribution in [0.25, 0.3) is 5.65 Å². The fourth-order valence-corrected chi connectivity index (χ4v) is 3.58. The fourth-order valence-electron chi connectivity index (χ4n) is 3.58. The van der Waals surface area contributed by atoms with Gasteiger partial charge in [-0.1, -0.05) is 19.9 Å². The first-order chi connectivity index (χ1) is 11.5. The molecular weight excluding hydrogens is 300 g/mol. The third-order valence-corrected chi connectivity index (χ3v) is 4.73. The van der Waals surface area contributed by atoms with Gasteiger partial charge in [-0.25, -0.2) is 4.98 Å². The molecule has 0 saturated carbocycles. The first-order valence-corrected chi connectivity index (χ1v) is 8.93. The van der Waals surface area contributed by atoms with Gasteiger partial charge in [0.1, 0.15) is 5.65 Å². The summed E-state index contributed by atoms with van der Waals surface area (Å²) in [6.07, 6.45) is 5.34. The maximum atomic E-state index is 12.3. The van der Waals surface area contributed by atoms with Crippen LogP contribution in [0.2, 0.25) is 0 Å². The molecule has 1 aliphatic rings. The molecule has 1 amide bonds. The maximum Gasteiger partial charge on any atom is 0.226 e. The molecule has 3 rings (SSSR count). The van der Waals surface area contributed by atoms with E-state index in [-0.39, 0.29) is 5.91 Å². The summed E-state index contributed by atoms with van der Waals surface area (Å²) in [5.74, 6) is 1.37. The van der Waals surface area contributed by atoms with Crippen LogP contribution in [0, 0.1) is 18.8 Å². The van der Waals surface area contributed by atoms with Gasteiger partial charge < -0.3 is 14.6 Å². The summed E-state index contributed by atoms with van der Waals surface area (Å²) in [6, 6.07) is 4.03. The second kappa shape index (κ2) is 7.34. The smallest absolute Gasteiger partial charge is 0.226 e. The number of hydrogen-bond acceptors (Lipinski definition) is 3. The Balaban J connectivity index is 1.50. The molecule has 0 spiro atoms. The van der Waals surface area contributed by atoms with E-state index in [1.807, 2.05) is 35.9 Å². The van der Waals surface area contributed by atoms with Gasteiger partial charge in [0.2, 0.25) is 5.91 Å². The van der Waals surface area contributed by atoms with E-state index < -0.39 is 0 Å². The van der Waals surface area contributed by atoms with Gasteiger partial charge in [-0.3, -0.25) is 4.79 Å². The zero-order valence-corrected chi connectivity index (χ0v) is 15.0. The van der Waals surface area contributed by atoms with Gasteiger partial charge in [0, 0.05) is 32.0 Å². The van der Waals surface area contributed by atoms with Crippen molar-refractivity contribution in [2.45, 2.75) is 33.6 Å². The topological polar surface area (TPSA) is 49.6 Å². The molecule has 24 heavy (non-hydrogen) atoms. The Kier molecular flexibility index (Phi) is 5.19. The van der Waals surface area contributed by atoms with Crippen molar-refractivity contribution in [3.63, 3.8) is 0 Å². The molecule has 2 aromatic rings. The number of rotatable bonds is 6. The lowest BCUT2D eigenvalue weighted by Crippen LogP contribution is -2.32. The van der Waals surface area contributed by atoms with Crippen molar-refractivity contribution in [1.82, 2.24) is 19.6 Å². The number of aryl methyl sites for hydroxylation is 1. The summed E-state index contributed by atoms with van der Waals surface area (Å²) in [7, 11) is 0. The van der Waals surface area contributed by atoms with Gasteiger partial charge in [0.15, 0.2) is 0 Å². The highest BCUT2D eigenvalue weighted by atomic mass is 16.1. The van der Waals surface area contributed by atoms with Crippen LogP contribution in [-0.2, 0) is 11.2 Å². The third kappa shape index (κ3) is 3.96. The van der Waals surface area contributed by atoms with E-state index in [0.29, 0.717) is 18.3 Å². The largest absolute Gasteiger partial charge is 0.355 e. The Hall–Kier alpha value is -1.88. The number of carbonyl (C=O) groups excluding carboxylic acids is 1. The van der Waals surface area contributed by atoms with E-state index in [1.54, 1.807) is 0 Å². The number of fused-ring (bicyclic) bond motifs is 1. The average Bonchev–Trinajstić information content (AvgIpc) is 3.13. The van der Waals surface area contributed by atoms with Crippen molar-refractivity contribution in [2.24, 2.45) is 11.8 Å². The predicted molar refractivity (Wildman–Crippen MR) is 96.0 cm³/mol. The number of imidazole rings is 1. The number of hydrogen-bond donors (Lipinski definition) is 1. The number of pyridine rings is 1. The zero-order chi connectivity index (χ0) is 17.1. The highest BCUT2D eigenvalue weighted by Crippen LogP contribution is 2.17. The highest BCUT2D eigenvalue weighted by molar-refractivity contribution is 5.78. The van der Waals surface area contributed by atoms with Crippen LogP contribution < -0.4 is 5.32 Å². The Bertz CT molecular complexity index is 706. The first kappa shape index (κ1) is 17.0. The van der Waals surface area contributed by atoms with E-state index in [2.05, 4.69) is 29.0 Å². The van der Waals surface area contributed by atoms with Crippen LogP contribution in [-0.4, -0.2) is 46.4 Å². The molecule has 2 aromatic heterocycles. The Morgan fingerprint density at radius 2 is 2.29 bits per heavy atom. The maximum absolute atomic E-state index is 12.3. The van der Waals surface area contributed by atoms with Crippen molar-refractivity contribution >= 4 is 11.6 Å². The van der Waals surface area contributed by atoms with Gasteiger partial charge in [0.25, 0.3) is 0 Å². The lowest BCUT2D eigenvalue weighted by molar-refractivity contribution is -0.120. The van der Waals surface area contributed by atoms with Crippen molar-refractivity contribution in [3.05, 3.63) is 35.8 Å². The standard InChI is InChI=1S/C19H28N4O/c1-14(2)12-22-8-6-16(13-22)10-20-18(24)9-17-11-21-19-15(3)5-4-7-23(17)19/h4-5,7,11,14,16H,6,8-10,12-13H2,1-3H3,(H,20,24)/t16-/m0/s1. The van der Waals surface area contributed by atoms with Gasteiger partial charge in [-0.15, -0.1) is 0 Å². The minimum atomic E-state index is 0.0839. The molecule has 1 aliphatic heterocycles. The van der Waals surface area contributed by atoms with E-state index in [4.69, 9.17) is 0 Å². The molecule has 0 radical (unpaired) electrons. The van der Waals surface area contributed by atoms with E-state index >= 15 is 0 Å². The number of carbonyl (C=O) groups is 1. The number of nitrogens with one attached hydrogen (secondary N) is 1. The molecule has 0 bridgehead atoms. The first-order valence-electron chi connectivity index (χ1n) is 8.93. The summed E-state index contributed by atoms with van der Waals surface area (Å²) >= 11 is 0. The number of likely N-dealkylation sites (tertiary alicyclic amines) is 1. The summed E-state index contributed by atoms with van der Waals surface area (Å²) in [4.78, 5) is 19.2. The van der Waals surface area contributed by atoms with Crippen LogP contribution in [0.3, 0.4) is 0 Å². The number of amides is 1. The lowest BCUT2D eigenvalue weighted by Gasteiger charge is -2.18. The third-order valence-electron chi connectivity index (χ3n) is 4.73. The predicted octanol–water partition coefficient (Wildman–Crippen LogP) is 2.28. The molecule has 1 saturated heterocycles. The van der Waals surface area contributed by atoms with E-state index in [9.17, 15) is 4.79 Å². The van der Waals surface area contributed by atoms with E-state index in [0.717, 1.165) is 43.1 Å². The van der Waals surface area contributed by atoms with Crippen LogP contribution in [0.5, 0.6) is 0 Å². The summed E-state index contributed by atoms with van der Waals surface area (Å²) in [5, 5.41) is 3.11. The van der Waals surface area contributed by atoms with Gasteiger partial charge in [-0.2, -0.15) is 0 Å². The lowest BCUT2D eigenvalue weighted by atomic mass is 10.1. The molecule has 3 heterocycles. The quantitative estimate of drug-likeness (QED) is 0.885. The Morgan fingerprint density at radius 1 is 1.46 bits per heavy atom. The molecule has 1 atom stereocenters. The zero-order valence-electron chi connectivity index (χ0n) is 15.0. The second-order valence-electron chi connectivity index (χ2n) is 7.42. The minimum absolute atomic E-state index is 0.0839. The van der Waals surface area contributed by atoms with Crippen LogP contribution >= 0.6 is 0 Å². The molecule has 5 heteroatoms. The summed E-state index contributed by atoms with van der Waals surface area (Å²) in [6.45, 7) is 10.8. The molecule has 0 unspecified atom stereocenters. The van der Waals surface area contributed by atoms with Gasteiger partial charge in [-0.05, 0) is 43.4 Å². The van der Waals surface area contributed by atoms with E-state index in [1.165, 1.54) is 6.42 Å². The molecular formula is C19H28N4O. The molecule has 1 fully saturated rings. The fraction of sp³-hybridized carbons (Fsp3) is 0.579. The Morgan fingerprint density at radius 3 is 3.08 bits per heavy atom. The molecule has 130 valence electrons. The molecule has 1 N–H and O–H groups in total. The highest BCUT2D eigenvalue weighted by Gasteiger charge is 2.23. The van der Waals surface area contributed by atoms with Gasteiger partial charge in [0.05, 0.1) is 12.1 Å².